The first-order chi connectivity index (χ1) is 12.9. The predicted octanol–water partition coefficient (Wildman–Crippen LogP) is 3.18. The van der Waals surface area contributed by atoms with Gasteiger partial charge in [0.25, 0.3) is 0 Å². The van der Waals surface area contributed by atoms with Crippen molar-refractivity contribution in [2.24, 2.45) is 22.7 Å². The fourth-order valence-electron chi connectivity index (χ4n) is 7.33. The maximum atomic E-state index is 13.6. The molecule has 3 aliphatic rings. The van der Waals surface area contributed by atoms with Crippen molar-refractivity contribution in [3.63, 3.8) is 0 Å². The van der Waals surface area contributed by atoms with E-state index in [1.807, 2.05) is 13.8 Å². The summed E-state index contributed by atoms with van der Waals surface area (Å²) >= 11 is 0. The minimum absolute atomic E-state index is 0.0407. The maximum absolute atomic E-state index is 13.6. The number of phenolic OH excluding ortho intramolecular Hbond substituents is 2. The number of carbonyl (C=O) groups is 2. The molecule has 3 aliphatic carbocycles. The van der Waals surface area contributed by atoms with E-state index in [2.05, 4.69) is 6.92 Å². The Labute approximate surface area is 165 Å². The Hall–Kier alpha value is -1.88. The molecule has 0 unspecified atom stereocenters. The van der Waals surface area contributed by atoms with Crippen LogP contribution in [0.4, 0.5) is 0 Å². The van der Waals surface area contributed by atoms with E-state index < -0.39 is 22.9 Å². The maximum Gasteiger partial charge on any atom is 0.160 e. The van der Waals surface area contributed by atoms with E-state index in [4.69, 9.17) is 0 Å². The number of aliphatic hydroxyl groups is 1. The lowest BCUT2D eigenvalue weighted by atomic mass is 9.42. The Kier molecular flexibility index (Phi) is 3.88. The zero-order valence-corrected chi connectivity index (χ0v) is 17.3. The summed E-state index contributed by atoms with van der Waals surface area (Å²) in [5.41, 5.74) is 0.620. The first kappa shape index (κ1) is 19.4. The van der Waals surface area contributed by atoms with Crippen LogP contribution in [0.15, 0.2) is 6.07 Å². The number of Topliss-reactive ketones (excluding diaryl/α,β-unsaturated/α-hetero) is 2. The number of phenols is 2. The molecule has 3 N–H and O–H groups in total. The molecule has 2 fully saturated rings. The van der Waals surface area contributed by atoms with Gasteiger partial charge in [-0.3, -0.25) is 9.59 Å². The van der Waals surface area contributed by atoms with Crippen molar-refractivity contribution in [3.8, 4) is 11.5 Å². The van der Waals surface area contributed by atoms with Gasteiger partial charge < -0.3 is 15.3 Å². The van der Waals surface area contributed by atoms with Crippen molar-refractivity contribution in [2.75, 3.05) is 0 Å². The lowest BCUT2D eigenvalue weighted by Gasteiger charge is -2.60. The largest absolute Gasteiger partial charge is 0.504 e. The molecule has 1 aromatic rings. The zero-order chi connectivity index (χ0) is 20.8. The second-order valence-corrected chi connectivity index (χ2v) is 9.98. The fraction of sp³-hybridized carbons (Fsp3) is 0.652. The highest BCUT2D eigenvalue weighted by Crippen LogP contribution is 2.70. The number of aliphatic hydroxyl groups excluding tert-OH is 1. The average molecular weight is 386 g/mol. The smallest absolute Gasteiger partial charge is 0.160 e. The lowest BCUT2D eigenvalue weighted by Crippen LogP contribution is -2.61. The van der Waals surface area contributed by atoms with E-state index >= 15 is 0 Å². The standard InChI is InChI=1S/C23H30O5/c1-11-13-6-7-17-21(3)9-16(26)19(12(2)24)22(21,4)10-18(27)23(17,5)14(13)8-15(25)20(11)28/h8,16-17,19,25-26,28H,6-7,9-10H2,1-5H3/t16-,17+,19-,21+,22-,23+/m1/s1. The molecule has 2 saturated carbocycles. The molecule has 0 aromatic heterocycles. The van der Waals surface area contributed by atoms with Gasteiger partial charge in [0, 0.05) is 12.3 Å². The molecular weight excluding hydrogens is 356 g/mol. The first-order valence-corrected chi connectivity index (χ1v) is 10.2. The van der Waals surface area contributed by atoms with E-state index in [9.17, 15) is 24.9 Å². The van der Waals surface area contributed by atoms with Gasteiger partial charge in [-0.25, -0.2) is 0 Å². The second-order valence-electron chi connectivity index (χ2n) is 9.98. The number of fused-ring (bicyclic) bond motifs is 5. The minimum atomic E-state index is -0.802. The molecule has 0 radical (unpaired) electrons. The Bertz CT molecular complexity index is 905. The van der Waals surface area contributed by atoms with Crippen LogP contribution in [0.5, 0.6) is 11.5 Å². The summed E-state index contributed by atoms with van der Waals surface area (Å²) in [7, 11) is 0. The van der Waals surface area contributed by atoms with Gasteiger partial charge in [0.2, 0.25) is 0 Å². The third-order valence-electron chi connectivity index (χ3n) is 8.92. The van der Waals surface area contributed by atoms with Crippen molar-refractivity contribution < 1.29 is 24.9 Å². The average Bonchev–Trinajstić information content (AvgIpc) is 2.79. The highest BCUT2D eigenvalue weighted by Gasteiger charge is 2.71. The number of ketones is 2. The highest BCUT2D eigenvalue weighted by atomic mass is 16.3. The first-order valence-electron chi connectivity index (χ1n) is 10.2. The summed E-state index contributed by atoms with van der Waals surface area (Å²) in [4.78, 5) is 26.0. The number of carbonyl (C=O) groups excluding carboxylic acids is 2. The van der Waals surface area contributed by atoms with E-state index in [0.29, 0.717) is 18.4 Å². The molecule has 0 amide bonds. The molecule has 28 heavy (non-hydrogen) atoms. The quantitative estimate of drug-likeness (QED) is 0.645. The van der Waals surface area contributed by atoms with Gasteiger partial charge in [-0.05, 0) is 79.5 Å². The Morgan fingerprint density at radius 3 is 2.43 bits per heavy atom. The van der Waals surface area contributed by atoms with Crippen LogP contribution in [0, 0.1) is 29.6 Å². The molecule has 1 aromatic carbocycles. The number of hydrogen-bond donors (Lipinski definition) is 3. The molecule has 0 heterocycles. The van der Waals surface area contributed by atoms with Crippen LogP contribution in [-0.4, -0.2) is 33.0 Å². The topological polar surface area (TPSA) is 94.8 Å². The molecule has 0 aliphatic heterocycles. The number of rotatable bonds is 1. The minimum Gasteiger partial charge on any atom is -0.504 e. The van der Waals surface area contributed by atoms with E-state index in [1.165, 1.54) is 6.92 Å². The second kappa shape index (κ2) is 5.59. The number of hydrogen-bond acceptors (Lipinski definition) is 5. The zero-order valence-electron chi connectivity index (χ0n) is 17.3. The van der Waals surface area contributed by atoms with Gasteiger partial charge in [0.05, 0.1) is 11.5 Å². The van der Waals surface area contributed by atoms with Gasteiger partial charge in [-0.1, -0.05) is 13.8 Å². The monoisotopic (exact) mass is 386 g/mol. The van der Waals surface area contributed by atoms with Gasteiger partial charge in [0.1, 0.15) is 11.6 Å². The van der Waals surface area contributed by atoms with Crippen LogP contribution in [0.25, 0.3) is 0 Å². The van der Waals surface area contributed by atoms with Crippen LogP contribution >= 0.6 is 0 Å². The van der Waals surface area contributed by atoms with Crippen LogP contribution < -0.4 is 0 Å². The van der Waals surface area contributed by atoms with Crippen molar-refractivity contribution in [1.29, 1.82) is 0 Å². The molecule has 4 rings (SSSR count). The summed E-state index contributed by atoms with van der Waals surface area (Å²) in [6.45, 7) is 9.38. The number of benzene rings is 1. The molecule has 5 nitrogen and oxygen atoms in total. The van der Waals surface area contributed by atoms with Gasteiger partial charge >= 0.3 is 0 Å². The van der Waals surface area contributed by atoms with Crippen LogP contribution in [0.2, 0.25) is 0 Å². The fourth-order valence-corrected chi connectivity index (χ4v) is 7.33. The molecule has 5 heteroatoms. The molecule has 6 atom stereocenters. The van der Waals surface area contributed by atoms with Crippen LogP contribution in [0.3, 0.4) is 0 Å². The van der Waals surface area contributed by atoms with Gasteiger partial charge in [-0.15, -0.1) is 0 Å². The van der Waals surface area contributed by atoms with Gasteiger partial charge in [-0.2, -0.15) is 0 Å². The molecule has 0 saturated heterocycles. The third-order valence-corrected chi connectivity index (χ3v) is 8.92. The van der Waals surface area contributed by atoms with E-state index in [-0.39, 0.29) is 40.8 Å². The number of aromatic hydroxyl groups is 2. The third kappa shape index (κ3) is 2.01. The normalized spacial score (nSPS) is 41.9. The summed E-state index contributed by atoms with van der Waals surface area (Å²) in [5, 5.41) is 31.2. The van der Waals surface area contributed by atoms with Crippen molar-refractivity contribution >= 4 is 11.6 Å². The Balaban J connectivity index is 1.94. The predicted molar refractivity (Wildman–Crippen MR) is 104 cm³/mol. The lowest BCUT2D eigenvalue weighted by molar-refractivity contribution is -0.153. The van der Waals surface area contributed by atoms with Crippen LogP contribution in [0.1, 0.15) is 63.6 Å². The summed E-state index contributed by atoms with van der Waals surface area (Å²) in [6, 6.07) is 1.56. The molecule has 0 spiro atoms. The Morgan fingerprint density at radius 1 is 1.18 bits per heavy atom. The van der Waals surface area contributed by atoms with Crippen molar-refractivity contribution in [1.82, 2.24) is 0 Å². The van der Waals surface area contributed by atoms with Crippen molar-refractivity contribution in [3.05, 3.63) is 22.8 Å². The molecule has 152 valence electrons. The molecular formula is C23H30O5. The summed E-state index contributed by atoms with van der Waals surface area (Å²) in [6.07, 6.45) is 1.45. The summed E-state index contributed by atoms with van der Waals surface area (Å²) in [5.74, 6) is -0.873. The Morgan fingerprint density at radius 2 is 1.82 bits per heavy atom. The van der Waals surface area contributed by atoms with Crippen LogP contribution in [-0.2, 0) is 21.4 Å². The molecule has 0 bridgehead atoms. The van der Waals surface area contributed by atoms with Gasteiger partial charge in [0.15, 0.2) is 11.5 Å². The summed E-state index contributed by atoms with van der Waals surface area (Å²) < 4.78 is 0. The van der Waals surface area contributed by atoms with E-state index in [1.54, 1.807) is 13.0 Å². The van der Waals surface area contributed by atoms with E-state index in [0.717, 1.165) is 17.5 Å². The van der Waals surface area contributed by atoms with Crippen molar-refractivity contribution in [2.45, 2.75) is 71.8 Å². The highest BCUT2D eigenvalue weighted by molar-refractivity contribution is 5.94. The SMILES string of the molecule is CC(=O)[C@@H]1[C@H](O)C[C@@]2(C)[C@@H]3CCc4c(cc(O)c(O)c4C)[C@]3(C)C(=O)C[C@]12C.